The molecule has 0 saturated carbocycles. The van der Waals surface area contributed by atoms with E-state index in [1.807, 2.05) is 37.3 Å². The Balaban J connectivity index is 1.38. The molecule has 30 heavy (non-hydrogen) atoms. The van der Waals surface area contributed by atoms with Crippen LogP contribution in [0.2, 0.25) is 0 Å². The Hall–Kier alpha value is -3.57. The van der Waals surface area contributed by atoms with Crippen molar-refractivity contribution in [1.82, 2.24) is 0 Å². The maximum Gasteiger partial charge on any atom is 0.123 e. The minimum Gasteiger partial charge on any atom is -0.494 e. The maximum absolute atomic E-state index is 13.3. The lowest BCUT2D eigenvalue weighted by Gasteiger charge is -2.05. The quantitative estimate of drug-likeness (QED) is 0.348. The molecule has 0 heterocycles. The molecule has 0 aromatic heterocycles. The molecule has 4 aromatic rings. The van der Waals surface area contributed by atoms with Crippen LogP contribution in [0.4, 0.5) is 4.39 Å². The molecule has 0 spiro atoms. The molecule has 0 aliphatic heterocycles. The van der Waals surface area contributed by atoms with Gasteiger partial charge in [0.2, 0.25) is 0 Å². The van der Waals surface area contributed by atoms with Crippen molar-refractivity contribution in [3.8, 4) is 17.6 Å². The summed E-state index contributed by atoms with van der Waals surface area (Å²) in [5, 5.41) is 1.88. The largest absolute Gasteiger partial charge is 0.494 e. The third-order valence-corrected chi connectivity index (χ3v) is 5.04. The minimum absolute atomic E-state index is 0.219. The fourth-order valence-electron chi connectivity index (χ4n) is 3.40. The molecule has 4 rings (SSSR count). The Morgan fingerprint density at radius 3 is 1.93 bits per heavy atom. The lowest BCUT2D eigenvalue weighted by Crippen LogP contribution is -1.94. The SMILES string of the molecule is CCOc1ccc(CCc2ccc(C#Cc3ccc4cc(F)ccc4c3)cc2)cc1. The topological polar surface area (TPSA) is 9.23 Å². The van der Waals surface area contributed by atoms with E-state index in [1.165, 1.54) is 17.2 Å². The van der Waals surface area contributed by atoms with Crippen LogP contribution in [0, 0.1) is 17.7 Å². The van der Waals surface area contributed by atoms with Crippen LogP contribution >= 0.6 is 0 Å². The number of fused-ring (bicyclic) bond motifs is 1. The van der Waals surface area contributed by atoms with Crippen molar-refractivity contribution in [1.29, 1.82) is 0 Å². The van der Waals surface area contributed by atoms with Gasteiger partial charge in [-0.15, -0.1) is 0 Å². The molecule has 0 unspecified atom stereocenters. The second kappa shape index (κ2) is 9.29. The molecule has 1 nitrogen and oxygen atoms in total. The van der Waals surface area contributed by atoms with Crippen LogP contribution in [0.15, 0.2) is 84.9 Å². The lowest BCUT2D eigenvalue weighted by atomic mass is 10.0. The van der Waals surface area contributed by atoms with Crippen LogP contribution in [0.5, 0.6) is 5.75 Å². The number of halogens is 1. The van der Waals surface area contributed by atoms with E-state index in [-0.39, 0.29) is 5.82 Å². The first kappa shape index (κ1) is 19.7. The normalized spacial score (nSPS) is 10.5. The lowest BCUT2D eigenvalue weighted by molar-refractivity contribution is 0.340. The van der Waals surface area contributed by atoms with E-state index in [2.05, 4.69) is 48.2 Å². The Morgan fingerprint density at radius 1 is 0.667 bits per heavy atom. The summed E-state index contributed by atoms with van der Waals surface area (Å²) in [5.74, 6) is 7.12. The predicted octanol–water partition coefficient (Wildman–Crippen LogP) is 6.56. The van der Waals surface area contributed by atoms with Crippen molar-refractivity contribution in [2.75, 3.05) is 6.61 Å². The molecule has 4 aromatic carbocycles. The highest BCUT2D eigenvalue weighted by molar-refractivity contribution is 5.83. The highest BCUT2D eigenvalue weighted by Crippen LogP contribution is 2.17. The van der Waals surface area contributed by atoms with E-state index in [4.69, 9.17) is 4.74 Å². The van der Waals surface area contributed by atoms with Crippen LogP contribution in [0.3, 0.4) is 0 Å². The van der Waals surface area contributed by atoms with Gasteiger partial charge in [-0.1, -0.05) is 48.2 Å². The molecule has 0 fully saturated rings. The van der Waals surface area contributed by atoms with E-state index in [1.54, 1.807) is 12.1 Å². The first-order valence-electron chi connectivity index (χ1n) is 10.2. The summed E-state index contributed by atoms with van der Waals surface area (Å²) < 4.78 is 18.8. The first-order valence-corrected chi connectivity index (χ1v) is 10.2. The fourth-order valence-corrected chi connectivity index (χ4v) is 3.40. The smallest absolute Gasteiger partial charge is 0.123 e. The summed E-state index contributed by atoms with van der Waals surface area (Å²) in [4.78, 5) is 0. The van der Waals surface area contributed by atoms with Crippen molar-refractivity contribution < 1.29 is 9.13 Å². The van der Waals surface area contributed by atoms with Gasteiger partial charge >= 0.3 is 0 Å². The Labute approximate surface area is 177 Å². The monoisotopic (exact) mass is 394 g/mol. The van der Waals surface area contributed by atoms with Gasteiger partial charge in [-0.2, -0.15) is 0 Å². The first-order chi connectivity index (χ1) is 14.7. The predicted molar refractivity (Wildman–Crippen MR) is 121 cm³/mol. The van der Waals surface area contributed by atoms with E-state index >= 15 is 0 Å². The molecule has 148 valence electrons. The molecule has 2 heteroatoms. The molecule has 0 aliphatic rings. The number of hydrogen-bond donors (Lipinski definition) is 0. The summed E-state index contributed by atoms with van der Waals surface area (Å²) in [5.41, 5.74) is 4.51. The van der Waals surface area contributed by atoms with Crippen LogP contribution in [-0.4, -0.2) is 6.61 Å². The van der Waals surface area contributed by atoms with Crippen molar-refractivity contribution in [3.05, 3.63) is 113 Å². The molecule has 0 atom stereocenters. The van der Waals surface area contributed by atoms with Gasteiger partial charge in [-0.25, -0.2) is 4.39 Å². The van der Waals surface area contributed by atoms with Crippen LogP contribution < -0.4 is 4.74 Å². The molecular formula is C28H23FO. The van der Waals surface area contributed by atoms with Crippen molar-refractivity contribution in [2.24, 2.45) is 0 Å². The molecule has 0 aliphatic carbocycles. The zero-order chi connectivity index (χ0) is 20.8. The summed E-state index contributed by atoms with van der Waals surface area (Å²) in [6.07, 6.45) is 1.98. The van der Waals surface area contributed by atoms with Gasteiger partial charge in [0.15, 0.2) is 0 Å². The Bertz CT molecular complexity index is 1200. The van der Waals surface area contributed by atoms with E-state index in [0.717, 1.165) is 40.5 Å². The highest BCUT2D eigenvalue weighted by Gasteiger charge is 1.99. The molecule has 0 saturated heterocycles. The fraction of sp³-hybridized carbons (Fsp3) is 0.143. The zero-order valence-electron chi connectivity index (χ0n) is 17.0. The Kier molecular flexibility index (Phi) is 6.11. The van der Waals surface area contributed by atoms with E-state index < -0.39 is 0 Å². The van der Waals surface area contributed by atoms with Gasteiger partial charge in [0.05, 0.1) is 6.61 Å². The van der Waals surface area contributed by atoms with Crippen LogP contribution in [0.1, 0.15) is 29.2 Å². The van der Waals surface area contributed by atoms with Gasteiger partial charge < -0.3 is 4.74 Å². The van der Waals surface area contributed by atoms with E-state index in [9.17, 15) is 4.39 Å². The average Bonchev–Trinajstić information content (AvgIpc) is 2.78. The molecule has 0 bridgehead atoms. The number of hydrogen-bond acceptors (Lipinski definition) is 1. The third kappa shape index (κ3) is 5.07. The number of rotatable bonds is 5. The number of aryl methyl sites for hydroxylation is 2. The summed E-state index contributed by atoms with van der Waals surface area (Å²) in [7, 11) is 0. The average molecular weight is 394 g/mol. The van der Waals surface area contributed by atoms with Gasteiger partial charge in [-0.3, -0.25) is 0 Å². The standard InChI is InChI=1S/C28H23FO/c1-2-30-28-17-12-23(13-18-28)8-7-21-3-5-22(6-4-21)9-10-24-11-14-26-20-27(29)16-15-25(26)19-24/h3-6,11-20H,2,7-8H2,1H3. The second-order valence-electron chi connectivity index (χ2n) is 7.23. The molecular weight excluding hydrogens is 371 g/mol. The van der Waals surface area contributed by atoms with E-state index in [0.29, 0.717) is 6.61 Å². The third-order valence-electron chi connectivity index (χ3n) is 5.04. The molecule has 0 radical (unpaired) electrons. The molecule has 0 N–H and O–H groups in total. The van der Waals surface area contributed by atoms with Gasteiger partial charge in [0.1, 0.15) is 11.6 Å². The van der Waals surface area contributed by atoms with Gasteiger partial charge in [-0.05, 0) is 90.2 Å². The van der Waals surface area contributed by atoms with Crippen LogP contribution in [0.25, 0.3) is 10.8 Å². The summed E-state index contributed by atoms with van der Waals surface area (Å²) >= 11 is 0. The second-order valence-corrected chi connectivity index (χ2v) is 7.23. The molecule has 0 amide bonds. The van der Waals surface area contributed by atoms with Gasteiger partial charge in [0.25, 0.3) is 0 Å². The highest BCUT2D eigenvalue weighted by atomic mass is 19.1. The number of ether oxygens (including phenoxy) is 1. The summed E-state index contributed by atoms with van der Waals surface area (Å²) in [6.45, 7) is 2.68. The minimum atomic E-state index is -0.219. The van der Waals surface area contributed by atoms with Crippen molar-refractivity contribution in [3.63, 3.8) is 0 Å². The number of benzene rings is 4. The maximum atomic E-state index is 13.3. The van der Waals surface area contributed by atoms with Crippen molar-refractivity contribution >= 4 is 10.8 Å². The zero-order valence-corrected chi connectivity index (χ0v) is 17.0. The van der Waals surface area contributed by atoms with Crippen LogP contribution in [-0.2, 0) is 12.8 Å². The Morgan fingerprint density at radius 2 is 1.23 bits per heavy atom. The van der Waals surface area contributed by atoms with Crippen molar-refractivity contribution in [2.45, 2.75) is 19.8 Å². The summed E-state index contributed by atoms with van der Waals surface area (Å²) in [6, 6.07) is 27.4. The van der Waals surface area contributed by atoms with Gasteiger partial charge in [0, 0.05) is 11.1 Å².